The molecule has 0 fully saturated rings. The van der Waals surface area contributed by atoms with Gasteiger partial charge in [0.05, 0.1) is 25.0 Å². The summed E-state index contributed by atoms with van der Waals surface area (Å²) in [6.07, 6.45) is 0. The van der Waals surface area contributed by atoms with Crippen LogP contribution in [0.1, 0.15) is 32.4 Å². The summed E-state index contributed by atoms with van der Waals surface area (Å²) in [4.78, 5) is 21.4. The van der Waals surface area contributed by atoms with Crippen molar-refractivity contribution < 1.29 is 53.3 Å². The van der Waals surface area contributed by atoms with Gasteiger partial charge in [-0.3, -0.25) is 9.36 Å². The largest absolute Gasteiger partial charge is 2.00 e. The average Bonchev–Trinajstić information content (AvgIpc) is 2.91. The quantitative estimate of drug-likeness (QED) is 0.359. The van der Waals surface area contributed by atoms with Gasteiger partial charge in [-0.2, -0.15) is 10.2 Å². The maximum Gasteiger partial charge on any atom is 2.00 e. The van der Waals surface area contributed by atoms with Gasteiger partial charge in [-0.15, -0.1) is 0 Å². The van der Waals surface area contributed by atoms with Gasteiger partial charge in [0.1, 0.15) is 11.4 Å². The Kier molecular flexibility index (Phi) is 11.7. The molecule has 1 radical (unpaired) electrons. The molecule has 0 saturated carbocycles. The molecule has 0 bridgehead atoms. The fourth-order valence-corrected chi connectivity index (χ4v) is 1.86. The van der Waals surface area contributed by atoms with E-state index >= 15 is 0 Å². The van der Waals surface area contributed by atoms with E-state index in [-0.39, 0.29) is 44.9 Å². The Morgan fingerprint density at radius 3 is 1.42 bits per heavy atom. The number of carboxylic acid groups (broad SMARTS) is 2. The van der Waals surface area contributed by atoms with Crippen molar-refractivity contribution in [3.8, 4) is 0 Å². The predicted molar refractivity (Wildman–Crippen MR) is 74.7 cm³/mol. The molecule has 2 rings (SSSR count). The molecule has 7 N–H and O–H groups in total. The van der Waals surface area contributed by atoms with Gasteiger partial charge in [-0.05, 0) is 26.0 Å². The summed E-state index contributed by atoms with van der Waals surface area (Å²) in [6, 6.07) is 2.83. The maximum absolute atomic E-state index is 10.7. The molecular weight excluding hydrogens is 376 g/mol. The molecule has 0 amide bonds. The summed E-state index contributed by atoms with van der Waals surface area (Å²) in [7, 11) is 0. The first-order valence-electron chi connectivity index (χ1n) is 5.90. The first-order chi connectivity index (χ1) is 9.38. The van der Waals surface area contributed by atoms with E-state index in [1.807, 2.05) is 0 Å². The second kappa shape index (κ2) is 10.5. The van der Waals surface area contributed by atoms with Crippen LogP contribution in [0, 0.1) is 13.8 Å². The summed E-state index contributed by atoms with van der Waals surface area (Å²) in [5, 5.41) is 29.2. The van der Waals surface area contributed by atoms with Gasteiger partial charge < -0.3 is 36.2 Å². The van der Waals surface area contributed by atoms with Crippen LogP contribution < -0.4 is 10.2 Å². The summed E-state index contributed by atoms with van der Waals surface area (Å²) in [5.74, 6) is -2.66. The van der Waals surface area contributed by atoms with Gasteiger partial charge >= 0.3 is 17.1 Å². The van der Waals surface area contributed by atoms with Crippen LogP contribution in [0.25, 0.3) is 0 Å². The van der Waals surface area contributed by atoms with Crippen LogP contribution in [-0.2, 0) is 35.6 Å². The third-order valence-electron chi connectivity index (χ3n) is 2.90. The summed E-state index contributed by atoms with van der Waals surface area (Å²) in [6.45, 7) is 4.19. The zero-order valence-electron chi connectivity index (χ0n) is 12.9. The number of hydrogen-bond acceptors (Lipinski definition) is 6. The van der Waals surface area contributed by atoms with Gasteiger partial charge in [-0.1, -0.05) is 0 Å². The molecule has 0 unspecified atom stereocenters. The van der Waals surface area contributed by atoms with Crippen LogP contribution in [-0.4, -0.2) is 42.5 Å². The van der Waals surface area contributed by atoms with Crippen LogP contribution in [0.3, 0.4) is 0 Å². The average molecular weight is 395 g/mol. The van der Waals surface area contributed by atoms with Gasteiger partial charge in [0.2, 0.25) is 0 Å². The summed E-state index contributed by atoms with van der Waals surface area (Å²) in [5.41, 5.74) is 1.09. The van der Waals surface area contributed by atoms with Crippen LogP contribution in [0.15, 0.2) is 12.1 Å². The van der Waals surface area contributed by atoms with E-state index in [4.69, 9.17) is 0 Å². The topological polar surface area (TPSA) is 212 Å². The Bertz CT molecular complexity index is 625. The molecule has 2 aromatic rings. The van der Waals surface area contributed by atoms with Crippen LogP contribution in [0.2, 0.25) is 0 Å². The molecule has 0 aromatic carbocycles. The molecule has 139 valence electrons. The smallest absolute Gasteiger partial charge is 0.543 e. The second-order valence-electron chi connectivity index (χ2n) is 4.36. The number of carbonyl (C=O) groups is 2. The van der Waals surface area contributed by atoms with Crippen molar-refractivity contribution >= 4 is 11.9 Å². The van der Waals surface area contributed by atoms with Crippen molar-refractivity contribution in [2.24, 2.45) is 0 Å². The number of carboxylic acids is 2. The third kappa shape index (κ3) is 5.76. The molecule has 0 aliphatic carbocycles. The van der Waals surface area contributed by atoms with Crippen molar-refractivity contribution in [2.45, 2.75) is 26.9 Å². The number of rotatable bonds is 5. The number of carbonyl (C=O) groups excluding carboxylic acids is 2. The van der Waals surface area contributed by atoms with Crippen molar-refractivity contribution in [3.05, 3.63) is 34.9 Å². The van der Waals surface area contributed by atoms with E-state index in [9.17, 15) is 19.8 Å². The number of aromatic carboxylic acids is 2. The van der Waals surface area contributed by atoms with Crippen LogP contribution in [0.4, 0.5) is 0 Å². The van der Waals surface area contributed by atoms with Gasteiger partial charge in [0.25, 0.3) is 0 Å². The van der Waals surface area contributed by atoms with Gasteiger partial charge in [-0.25, -0.2) is 0 Å². The number of aromatic nitrogens is 4. The van der Waals surface area contributed by atoms with E-state index in [1.165, 1.54) is 21.5 Å². The van der Waals surface area contributed by atoms with E-state index in [0.29, 0.717) is 24.5 Å². The van der Waals surface area contributed by atoms with E-state index < -0.39 is 11.9 Å². The minimum atomic E-state index is -1.33. The Hall–Kier alpha value is -2.24. The minimum absolute atomic E-state index is 0. The molecule has 0 aliphatic rings. The number of hydrogen-bond donors (Lipinski definition) is 0. The Balaban J connectivity index is -0.00000110. The first kappa shape index (κ1) is 26.6. The molecule has 12 heteroatoms. The fourth-order valence-electron chi connectivity index (χ4n) is 1.86. The van der Waals surface area contributed by atoms with Crippen molar-refractivity contribution in [3.63, 3.8) is 0 Å². The standard InChI is InChI=1S/C12H14N4O4.Cu.3H2O/c1-7-5-9(11(17)18)13-15(7)3-4-16-8(2)6-10(14-16)12(19)20;;;;/h5-6H,3-4H2,1-2H3,(H,17,18)(H,19,20);;3*1H2/q;+2;;;/p-1. The zero-order valence-corrected chi connectivity index (χ0v) is 13.8. The third-order valence-corrected chi connectivity index (χ3v) is 2.90. The van der Waals surface area contributed by atoms with E-state index in [0.717, 1.165) is 0 Å². The predicted octanol–water partition coefficient (Wildman–Crippen LogP) is -4.45. The minimum Gasteiger partial charge on any atom is -0.543 e. The SMILES string of the molecule is Cc1cc(C(=O)[O-])nn1CCn1nc(C(=O)[O-])cc1C.O.O.[Cu+2].[OH3+]. The van der Waals surface area contributed by atoms with Crippen LogP contribution in [0.5, 0.6) is 0 Å². The van der Waals surface area contributed by atoms with Gasteiger partial charge in [0, 0.05) is 11.4 Å². The molecule has 0 aliphatic heterocycles. The summed E-state index contributed by atoms with van der Waals surface area (Å²) >= 11 is 0. The van der Waals surface area contributed by atoms with Gasteiger partial charge in [0.15, 0.2) is 0 Å². The maximum atomic E-state index is 10.7. The van der Waals surface area contributed by atoms with Crippen molar-refractivity contribution in [2.75, 3.05) is 0 Å². The van der Waals surface area contributed by atoms with Crippen LogP contribution >= 0.6 is 0 Å². The first-order valence-corrected chi connectivity index (χ1v) is 5.90. The molecular formula is C12H19CuN4O7+. The Morgan fingerprint density at radius 1 is 0.917 bits per heavy atom. The normalized spacial score (nSPS) is 8.92. The molecule has 0 atom stereocenters. The second-order valence-corrected chi connectivity index (χ2v) is 4.36. The molecule has 0 saturated heterocycles. The Morgan fingerprint density at radius 2 is 1.21 bits per heavy atom. The van der Waals surface area contributed by atoms with E-state index in [2.05, 4.69) is 10.2 Å². The molecule has 2 aromatic heterocycles. The molecule has 2 heterocycles. The molecule has 0 spiro atoms. The molecule has 24 heavy (non-hydrogen) atoms. The molecule has 11 nitrogen and oxygen atoms in total. The monoisotopic (exact) mass is 394 g/mol. The Labute approximate surface area is 147 Å². The number of aryl methyl sites for hydroxylation is 4. The van der Waals surface area contributed by atoms with E-state index in [1.54, 1.807) is 13.8 Å². The van der Waals surface area contributed by atoms with Crippen molar-refractivity contribution in [1.82, 2.24) is 19.6 Å². The summed E-state index contributed by atoms with van der Waals surface area (Å²) < 4.78 is 3.01. The zero-order chi connectivity index (χ0) is 14.9. The van der Waals surface area contributed by atoms with Crippen molar-refractivity contribution in [1.29, 1.82) is 0 Å². The fraction of sp³-hybridized carbons (Fsp3) is 0.333. The number of nitrogens with zero attached hydrogens (tertiary/aromatic N) is 4.